The Bertz CT molecular complexity index is 1360. The van der Waals surface area contributed by atoms with Gasteiger partial charge in [-0.05, 0) is 48.9 Å². The van der Waals surface area contributed by atoms with Crippen LogP contribution in [0.5, 0.6) is 11.5 Å². The summed E-state index contributed by atoms with van der Waals surface area (Å²) in [7, 11) is 1.51. The predicted octanol–water partition coefficient (Wildman–Crippen LogP) is 4.99. The fourth-order valence-electron chi connectivity index (χ4n) is 4.42. The van der Waals surface area contributed by atoms with Crippen molar-refractivity contribution in [3.05, 3.63) is 94.5 Å². The van der Waals surface area contributed by atoms with Crippen molar-refractivity contribution in [3.8, 4) is 17.2 Å². The molecule has 0 aliphatic carbocycles. The fourth-order valence-corrected chi connectivity index (χ4v) is 4.60. The molecule has 4 aromatic rings. The number of aryl methyl sites for hydroxylation is 1. The van der Waals surface area contributed by atoms with Crippen LogP contribution in [0, 0.1) is 0 Å². The summed E-state index contributed by atoms with van der Waals surface area (Å²) in [4.78, 5) is 11.2. The molecule has 0 fully saturated rings. The number of aromatic nitrogens is 3. The fraction of sp³-hybridized carbons (Fsp3) is 0.200. The molecule has 5 rings (SSSR count). The number of benzene rings is 2. The van der Waals surface area contributed by atoms with E-state index in [1.54, 1.807) is 23.0 Å². The van der Waals surface area contributed by atoms with Gasteiger partial charge in [-0.3, -0.25) is 4.68 Å². The Kier molecular flexibility index (Phi) is 5.77. The summed E-state index contributed by atoms with van der Waals surface area (Å²) in [5.41, 5.74) is 3.36. The summed E-state index contributed by atoms with van der Waals surface area (Å²) in [6.07, 6.45) is 3.20. The van der Waals surface area contributed by atoms with Crippen LogP contribution < -0.4 is 4.74 Å². The molecule has 2 N–H and O–H groups in total. The van der Waals surface area contributed by atoms with Crippen LogP contribution in [0.1, 0.15) is 45.9 Å². The van der Waals surface area contributed by atoms with Crippen molar-refractivity contribution >= 4 is 17.6 Å². The van der Waals surface area contributed by atoms with Crippen molar-refractivity contribution < 1.29 is 24.5 Å². The Morgan fingerprint density at radius 1 is 1.15 bits per heavy atom. The molecule has 34 heavy (non-hydrogen) atoms. The van der Waals surface area contributed by atoms with Crippen LogP contribution in [-0.2, 0) is 11.3 Å². The summed E-state index contributed by atoms with van der Waals surface area (Å²) in [6, 6.07) is 16.2. The molecule has 0 bridgehead atoms. The lowest BCUT2D eigenvalue weighted by atomic mass is 9.98. The minimum atomic E-state index is -1.07. The molecular weight excluding hydrogens is 458 g/mol. The molecule has 0 radical (unpaired) electrons. The average molecular weight is 480 g/mol. The normalized spacial score (nSPS) is 17.0. The van der Waals surface area contributed by atoms with Crippen LogP contribution in [0.2, 0.25) is 5.02 Å². The quantitative estimate of drug-likeness (QED) is 0.404. The van der Waals surface area contributed by atoms with Gasteiger partial charge in [-0.15, -0.1) is 0 Å². The number of aromatic hydroxyl groups is 1. The maximum Gasteiger partial charge on any atom is 0.356 e. The first-order valence-corrected chi connectivity index (χ1v) is 11.1. The van der Waals surface area contributed by atoms with Gasteiger partial charge >= 0.3 is 5.97 Å². The largest absolute Gasteiger partial charge is 0.504 e. The maximum absolute atomic E-state index is 11.2. The molecule has 174 valence electrons. The molecule has 9 heteroatoms. The number of ether oxygens (including phenoxy) is 2. The molecule has 2 aromatic heterocycles. The SMILES string of the molecule is COc1c(O)cccc1[C@H]1O[C@H](CCn2ccc(C(=O)O)n2)c2cccn2-c2ccc(Cl)cc21. The number of carboxylic acid groups (broad SMARTS) is 1. The lowest BCUT2D eigenvalue weighted by Gasteiger charge is -2.25. The first-order valence-electron chi connectivity index (χ1n) is 10.7. The maximum atomic E-state index is 11.2. The number of carboxylic acids is 1. The third-order valence-electron chi connectivity index (χ3n) is 5.93. The molecular formula is C25H22ClN3O5. The number of nitrogens with zero attached hydrogens (tertiary/aromatic N) is 3. The summed E-state index contributed by atoms with van der Waals surface area (Å²) in [5.74, 6) is -0.714. The van der Waals surface area contributed by atoms with Gasteiger partial charge in [-0.1, -0.05) is 23.7 Å². The molecule has 2 aromatic carbocycles. The number of para-hydroxylation sites is 1. The highest BCUT2D eigenvalue weighted by atomic mass is 35.5. The number of methoxy groups -OCH3 is 1. The minimum Gasteiger partial charge on any atom is -0.504 e. The molecule has 0 amide bonds. The number of hydrogen-bond donors (Lipinski definition) is 2. The zero-order valence-electron chi connectivity index (χ0n) is 18.3. The van der Waals surface area contributed by atoms with Gasteiger partial charge in [-0.2, -0.15) is 5.10 Å². The smallest absolute Gasteiger partial charge is 0.356 e. The van der Waals surface area contributed by atoms with E-state index in [-0.39, 0.29) is 17.5 Å². The van der Waals surface area contributed by atoms with Crippen molar-refractivity contribution in [2.24, 2.45) is 0 Å². The molecule has 0 spiro atoms. The van der Waals surface area contributed by atoms with Crippen LogP contribution in [0.25, 0.3) is 5.69 Å². The van der Waals surface area contributed by atoms with Crippen molar-refractivity contribution in [2.75, 3.05) is 7.11 Å². The van der Waals surface area contributed by atoms with Gasteiger partial charge in [0.05, 0.1) is 18.5 Å². The second-order valence-corrected chi connectivity index (χ2v) is 8.40. The second kappa shape index (κ2) is 8.89. The van der Waals surface area contributed by atoms with Gasteiger partial charge in [-0.25, -0.2) is 4.79 Å². The molecule has 8 nitrogen and oxygen atoms in total. The molecule has 2 atom stereocenters. The van der Waals surface area contributed by atoms with Gasteiger partial charge in [0.15, 0.2) is 17.2 Å². The highest BCUT2D eigenvalue weighted by Gasteiger charge is 2.32. The van der Waals surface area contributed by atoms with Gasteiger partial charge < -0.3 is 24.3 Å². The van der Waals surface area contributed by atoms with Crippen molar-refractivity contribution in [1.82, 2.24) is 14.3 Å². The van der Waals surface area contributed by atoms with Crippen LogP contribution in [-0.4, -0.2) is 37.6 Å². The van der Waals surface area contributed by atoms with Crippen molar-refractivity contribution in [1.29, 1.82) is 0 Å². The Morgan fingerprint density at radius 2 is 2.00 bits per heavy atom. The summed E-state index contributed by atoms with van der Waals surface area (Å²) in [6.45, 7) is 0.449. The third-order valence-corrected chi connectivity index (χ3v) is 6.17. The van der Waals surface area contributed by atoms with Gasteiger partial charge in [0.1, 0.15) is 12.2 Å². The van der Waals surface area contributed by atoms with Gasteiger partial charge in [0.2, 0.25) is 0 Å². The average Bonchev–Trinajstić information content (AvgIpc) is 3.47. The zero-order chi connectivity index (χ0) is 23.8. The van der Waals surface area contributed by atoms with E-state index in [1.165, 1.54) is 13.2 Å². The number of phenols is 1. The number of halogens is 1. The monoisotopic (exact) mass is 479 g/mol. The standard InChI is InChI=1S/C25H22ClN3O5/c1-33-24-16(4-2-6-21(24)30)23-17-14-15(26)7-8-19(17)29-11-3-5-20(29)22(34-23)10-13-28-12-9-18(27-28)25(31)32/h2-9,11-12,14,22-23,30H,10,13H2,1H3,(H,31,32)/t22-,23-/m1/s1. The summed E-state index contributed by atoms with van der Waals surface area (Å²) in [5, 5.41) is 24.3. The van der Waals surface area contributed by atoms with Crippen molar-refractivity contribution in [2.45, 2.75) is 25.2 Å². The zero-order valence-corrected chi connectivity index (χ0v) is 19.0. The molecule has 0 saturated heterocycles. The number of hydrogen-bond acceptors (Lipinski definition) is 5. The van der Waals surface area contributed by atoms with Crippen molar-refractivity contribution in [3.63, 3.8) is 0 Å². The topological polar surface area (TPSA) is 98.7 Å². The Hall–Kier alpha value is -3.75. The Balaban J connectivity index is 1.58. The number of phenolic OH excluding ortho intramolecular Hbond substituents is 1. The van der Waals surface area contributed by atoms with E-state index in [0.717, 1.165) is 16.9 Å². The van der Waals surface area contributed by atoms with E-state index in [2.05, 4.69) is 9.67 Å². The minimum absolute atomic E-state index is 0.00502. The third kappa shape index (κ3) is 3.91. The Morgan fingerprint density at radius 3 is 2.76 bits per heavy atom. The number of fused-ring (bicyclic) bond motifs is 3. The number of rotatable bonds is 6. The molecule has 3 heterocycles. The van der Waals surface area contributed by atoms with E-state index in [9.17, 15) is 9.90 Å². The lowest BCUT2D eigenvalue weighted by molar-refractivity contribution is -0.00168. The van der Waals surface area contributed by atoms with E-state index in [0.29, 0.717) is 29.3 Å². The molecule has 0 unspecified atom stereocenters. The second-order valence-electron chi connectivity index (χ2n) is 7.97. The highest BCUT2D eigenvalue weighted by molar-refractivity contribution is 6.30. The molecule has 1 aliphatic heterocycles. The van der Waals surface area contributed by atoms with E-state index in [4.69, 9.17) is 26.2 Å². The van der Waals surface area contributed by atoms with E-state index in [1.807, 2.05) is 42.6 Å². The molecule has 0 saturated carbocycles. The summed E-state index contributed by atoms with van der Waals surface area (Å²) >= 11 is 6.39. The number of aromatic carboxylic acids is 1. The van der Waals surface area contributed by atoms with Crippen LogP contribution in [0.4, 0.5) is 0 Å². The highest BCUT2D eigenvalue weighted by Crippen LogP contribution is 2.46. The number of carbonyl (C=O) groups is 1. The van der Waals surface area contributed by atoms with Crippen LogP contribution in [0.3, 0.4) is 0 Å². The van der Waals surface area contributed by atoms with Crippen LogP contribution in [0.15, 0.2) is 67.0 Å². The predicted molar refractivity (Wildman–Crippen MR) is 125 cm³/mol. The summed E-state index contributed by atoms with van der Waals surface area (Å²) < 4.78 is 15.9. The first kappa shape index (κ1) is 22.1. The lowest BCUT2D eigenvalue weighted by Crippen LogP contribution is -2.14. The molecule has 1 aliphatic rings. The van der Waals surface area contributed by atoms with E-state index >= 15 is 0 Å². The Labute approximate surface area is 200 Å². The van der Waals surface area contributed by atoms with E-state index < -0.39 is 12.1 Å². The van der Waals surface area contributed by atoms with Crippen LogP contribution >= 0.6 is 11.6 Å². The van der Waals surface area contributed by atoms with Gasteiger partial charge in [0.25, 0.3) is 0 Å². The van der Waals surface area contributed by atoms with Gasteiger partial charge in [0, 0.05) is 35.1 Å². The first-order chi connectivity index (χ1) is 16.5.